The highest BCUT2D eigenvalue weighted by Crippen LogP contribution is 2.22. The Morgan fingerprint density at radius 2 is 2.06 bits per heavy atom. The molecule has 0 aliphatic heterocycles. The normalized spacial score (nSPS) is 12.4. The highest BCUT2D eigenvalue weighted by Gasteiger charge is 2.20. The van der Waals surface area contributed by atoms with Crippen LogP contribution in [0.15, 0.2) is 6.07 Å². The van der Waals surface area contributed by atoms with Gasteiger partial charge in [-0.15, -0.1) is 11.3 Å². The quantitative estimate of drug-likeness (QED) is 0.824. The maximum atomic E-state index is 5.86. The topological polar surface area (TPSA) is 24.5 Å². The van der Waals surface area contributed by atoms with Gasteiger partial charge in [0.1, 0.15) is 0 Å². The summed E-state index contributed by atoms with van der Waals surface area (Å²) in [5.41, 5.74) is 1.40. The zero-order valence-electron chi connectivity index (χ0n) is 12.5. The van der Waals surface area contributed by atoms with E-state index in [1.54, 1.807) is 0 Å². The van der Waals surface area contributed by atoms with Crippen molar-refractivity contribution in [3.63, 3.8) is 0 Å². The van der Waals surface area contributed by atoms with Crippen molar-refractivity contribution in [3.05, 3.63) is 21.4 Å². The van der Waals surface area contributed by atoms with Crippen molar-refractivity contribution in [2.45, 2.75) is 39.5 Å². The molecule has 0 aromatic carbocycles. The summed E-state index contributed by atoms with van der Waals surface area (Å²) in [6.07, 6.45) is 0. The smallest absolute Gasteiger partial charge is 0.0728 e. The molecule has 0 bridgehead atoms. The first-order valence-corrected chi connectivity index (χ1v) is 7.16. The third kappa shape index (κ3) is 4.35. The summed E-state index contributed by atoms with van der Waals surface area (Å²) in [6, 6.07) is 2.25. The molecule has 0 saturated carbocycles. The summed E-state index contributed by atoms with van der Waals surface area (Å²) >= 11 is 1.85. The van der Waals surface area contributed by atoms with Gasteiger partial charge in [-0.25, -0.2) is 0 Å². The predicted molar refractivity (Wildman–Crippen MR) is 79.2 cm³/mol. The van der Waals surface area contributed by atoms with E-state index in [0.29, 0.717) is 6.61 Å². The molecule has 1 heterocycles. The molecule has 3 nitrogen and oxygen atoms in total. The fraction of sp³-hybridized carbons (Fsp3) is 0.714. The van der Waals surface area contributed by atoms with Gasteiger partial charge in [0.15, 0.2) is 0 Å². The van der Waals surface area contributed by atoms with Gasteiger partial charge in [0.25, 0.3) is 0 Å². The van der Waals surface area contributed by atoms with E-state index in [-0.39, 0.29) is 5.54 Å². The average molecular weight is 270 g/mol. The van der Waals surface area contributed by atoms with Crippen LogP contribution in [0.1, 0.15) is 29.2 Å². The lowest BCUT2D eigenvalue weighted by atomic mass is 10.1. The van der Waals surface area contributed by atoms with Crippen LogP contribution in [0.5, 0.6) is 0 Å². The summed E-state index contributed by atoms with van der Waals surface area (Å²) in [5, 5.41) is 3.18. The van der Waals surface area contributed by atoms with Gasteiger partial charge in [-0.1, -0.05) is 0 Å². The van der Waals surface area contributed by atoms with Crippen LogP contribution in [0.3, 0.4) is 0 Å². The Balaban J connectivity index is 2.49. The molecule has 0 aliphatic rings. The van der Waals surface area contributed by atoms with Crippen molar-refractivity contribution in [3.8, 4) is 0 Å². The Hall–Kier alpha value is -0.420. The fourth-order valence-corrected chi connectivity index (χ4v) is 2.59. The van der Waals surface area contributed by atoms with Crippen LogP contribution < -0.4 is 5.32 Å². The Bertz CT molecular complexity index is 372. The van der Waals surface area contributed by atoms with Gasteiger partial charge >= 0.3 is 0 Å². The van der Waals surface area contributed by atoms with E-state index in [1.807, 2.05) is 18.4 Å². The number of nitrogens with one attached hydrogen (secondary N) is 1. The lowest BCUT2D eigenvalue weighted by molar-refractivity contribution is 0.0274. The fourth-order valence-electron chi connectivity index (χ4n) is 1.53. The first kappa shape index (κ1) is 15.6. The summed E-state index contributed by atoms with van der Waals surface area (Å²) < 4.78 is 5.86. The monoisotopic (exact) mass is 270 g/mol. The second kappa shape index (κ2) is 6.66. The van der Waals surface area contributed by atoms with Gasteiger partial charge in [0, 0.05) is 21.8 Å². The van der Waals surface area contributed by atoms with Gasteiger partial charge < -0.3 is 15.0 Å². The molecule has 1 aromatic heterocycles. The largest absolute Gasteiger partial charge is 0.375 e. The Morgan fingerprint density at radius 1 is 1.39 bits per heavy atom. The lowest BCUT2D eigenvalue weighted by Crippen LogP contribution is -2.42. The van der Waals surface area contributed by atoms with Gasteiger partial charge in [-0.3, -0.25) is 0 Å². The highest BCUT2D eigenvalue weighted by atomic mass is 32.1. The number of likely N-dealkylation sites (N-methyl/N-ethyl adjacent to an activating group) is 1. The van der Waals surface area contributed by atoms with Crippen molar-refractivity contribution in [1.82, 2.24) is 10.2 Å². The van der Waals surface area contributed by atoms with Crippen LogP contribution in [0, 0.1) is 6.92 Å². The molecule has 4 heteroatoms. The van der Waals surface area contributed by atoms with E-state index < -0.39 is 0 Å². The maximum Gasteiger partial charge on any atom is 0.0728 e. The van der Waals surface area contributed by atoms with Gasteiger partial charge in [-0.2, -0.15) is 0 Å². The van der Waals surface area contributed by atoms with Crippen LogP contribution >= 0.6 is 11.3 Å². The molecule has 1 aromatic rings. The van der Waals surface area contributed by atoms with Gasteiger partial charge in [-0.05, 0) is 53.5 Å². The van der Waals surface area contributed by atoms with Gasteiger partial charge in [0.05, 0.1) is 13.2 Å². The number of hydrogen-bond donors (Lipinski definition) is 1. The number of nitrogens with zero attached hydrogens (tertiary/aromatic N) is 1. The molecule has 0 fully saturated rings. The SMILES string of the molecule is CNCc1cc(COCC(C)(C)N(C)C)c(C)s1. The van der Waals surface area contributed by atoms with E-state index in [4.69, 9.17) is 4.74 Å². The molecule has 0 spiro atoms. The zero-order chi connectivity index (χ0) is 13.8. The van der Waals surface area contributed by atoms with E-state index in [1.165, 1.54) is 15.3 Å². The Morgan fingerprint density at radius 3 is 2.61 bits per heavy atom. The minimum atomic E-state index is 0.0811. The molecule has 0 atom stereocenters. The summed E-state index contributed by atoms with van der Waals surface area (Å²) in [6.45, 7) is 8.95. The van der Waals surface area contributed by atoms with Crippen molar-refractivity contribution in [2.24, 2.45) is 0 Å². The van der Waals surface area contributed by atoms with Crippen molar-refractivity contribution in [2.75, 3.05) is 27.7 Å². The third-order valence-electron chi connectivity index (χ3n) is 3.35. The highest BCUT2D eigenvalue weighted by molar-refractivity contribution is 7.12. The molecule has 1 N–H and O–H groups in total. The Kier molecular flexibility index (Phi) is 5.79. The molecule has 0 saturated heterocycles. The summed E-state index contributed by atoms with van der Waals surface area (Å²) in [4.78, 5) is 4.93. The predicted octanol–water partition coefficient (Wildman–Crippen LogP) is 2.63. The third-order valence-corrected chi connectivity index (χ3v) is 4.44. The first-order valence-electron chi connectivity index (χ1n) is 6.35. The van der Waals surface area contributed by atoms with E-state index >= 15 is 0 Å². The van der Waals surface area contributed by atoms with Crippen LogP contribution in [0.25, 0.3) is 0 Å². The average Bonchev–Trinajstić information content (AvgIpc) is 2.59. The van der Waals surface area contributed by atoms with Crippen molar-refractivity contribution >= 4 is 11.3 Å². The summed E-state index contributed by atoms with van der Waals surface area (Å²) in [7, 11) is 6.15. The minimum absolute atomic E-state index is 0.0811. The number of ether oxygens (including phenoxy) is 1. The molecule has 1 rings (SSSR count). The van der Waals surface area contributed by atoms with E-state index in [9.17, 15) is 0 Å². The molecule has 104 valence electrons. The van der Waals surface area contributed by atoms with E-state index in [2.05, 4.69) is 51.1 Å². The molecule has 18 heavy (non-hydrogen) atoms. The van der Waals surface area contributed by atoms with Crippen molar-refractivity contribution in [1.29, 1.82) is 0 Å². The Labute approximate surface area is 115 Å². The molecular weight excluding hydrogens is 244 g/mol. The number of rotatable bonds is 7. The maximum absolute atomic E-state index is 5.86. The second-order valence-corrected chi connectivity index (χ2v) is 6.87. The molecular formula is C14H26N2OS. The minimum Gasteiger partial charge on any atom is -0.375 e. The molecule has 0 aliphatic carbocycles. The van der Waals surface area contributed by atoms with Crippen LogP contribution in [-0.4, -0.2) is 38.2 Å². The number of aryl methyl sites for hydroxylation is 1. The van der Waals surface area contributed by atoms with Gasteiger partial charge in [0.2, 0.25) is 0 Å². The molecule has 0 amide bonds. The molecule has 0 unspecified atom stereocenters. The lowest BCUT2D eigenvalue weighted by Gasteiger charge is -2.32. The van der Waals surface area contributed by atoms with Crippen LogP contribution in [0.4, 0.5) is 0 Å². The summed E-state index contributed by atoms with van der Waals surface area (Å²) in [5.74, 6) is 0. The molecule has 0 radical (unpaired) electrons. The second-order valence-electron chi connectivity index (χ2n) is 5.52. The first-order chi connectivity index (χ1) is 8.36. The standard InChI is InChI=1S/C14H26N2OS/c1-11-12(7-13(18-11)8-15-4)9-17-10-14(2,3)16(5)6/h7,15H,8-10H2,1-6H3. The van der Waals surface area contributed by atoms with E-state index in [0.717, 1.165) is 13.2 Å². The zero-order valence-corrected chi connectivity index (χ0v) is 13.3. The number of thiophene rings is 1. The number of hydrogen-bond acceptors (Lipinski definition) is 4. The van der Waals surface area contributed by atoms with Crippen LogP contribution in [-0.2, 0) is 17.9 Å². The van der Waals surface area contributed by atoms with Crippen LogP contribution in [0.2, 0.25) is 0 Å². The van der Waals surface area contributed by atoms with Crippen molar-refractivity contribution < 1.29 is 4.74 Å².